The van der Waals surface area contributed by atoms with Crippen LogP contribution in [0, 0.1) is 0 Å². The van der Waals surface area contributed by atoms with E-state index in [-0.39, 0.29) is 43.3 Å². The third-order valence-electron chi connectivity index (χ3n) is 35.7. The molecule has 0 unspecified atom stereocenters. The minimum absolute atomic E-state index is 0.113. The van der Waals surface area contributed by atoms with Crippen LogP contribution in [0.2, 0.25) is 0 Å². The van der Waals surface area contributed by atoms with E-state index in [1.165, 1.54) is 189 Å². The predicted octanol–water partition coefficient (Wildman–Crippen LogP) is 39.0. The van der Waals surface area contributed by atoms with Crippen molar-refractivity contribution in [2.45, 2.75) is 154 Å². The third kappa shape index (κ3) is 13.4. The van der Waals surface area contributed by atoms with Crippen molar-refractivity contribution in [3.63, 3.8) is 0 Å². The number of hydrogen-bond donors (Lipinski definition) is 0. The predicted molar refractivity (Wildman–Crippen MR) is 625 cm³/mol. The van der Waals surface area contributed by atoms with Crippen molar-refractivity contribution in [2.75, 3.05) is 19.6 Å². The van der Waals surface area contributed by atoms with E-state index in [9.17, 15) is 0 Å². The smallest absolute Gasteiger partial charge is 0.0540 e. The highest BCUT2D eigenvalue weighted by molar-refractivity contribution is 6.08. The zero-order chi connectivity index (χ0) is 101. The van der Waals surface area contributed by atoms with Gasteiger partial charge in [-0.15, -0.1) is 0 Å². The first-order valence-electron chi connectivity index (χ1n) is 53.0. The highest BCUT2D eigenvalue weighted by atomic mass is 15.2. The van der Waals surface area contributed by atoms with Crippen molar-refractivity contribution < 1.29 is 0 Å². The molecule has 0 radical (unpaired) electrons. The minimum atomic E-state index is -0.154. The van der Waals surface area contributed by atoms with Gasteiger partial charge >= 0.3 is 0 Å². The van der Waals surface area contributed by atoms with Crippen LogP contribution in [0.4, 0.5) is 68.2 Å². The average Bonchev–Trinajstić information content (AvgIpc) is 1.41. The molecular formula is C144H120N4. The molecule has 0 N–H and O–H groups in total. The first-order chi connectivity index (χ1) is 71.4. The van der Waals surface area contributed by atoms with E-state index in [1.807, 2.05) is 0 Å². The fourth-order valence-corrected chi connectivity index (χ4v) is 27.7. The Kier molecular flexibility index (Phi) is 19.9. The zero-order valence-corrected chi connectivity index (χ0v) is 87.4. The molecule has 0 atom stereocenters. The molecule has 8 aliphatic rings. The Morgan fingerprint density at radius 1 is 0.128 bits per heavy atom. The van der Waals surface area contributed by atoms with E-state index in [2.05, 4.69) is 567 Å². The minimum Gasteiger partial charge on any atom is -0.310 e. The number of hydrogen-bond acceptors (Lipinski definition) is 4. The molecule has 0 heterocycles. The fraction of sp³-hybridized carbons (Fsp3) is 0.167. The second-order valence-corrected chi connectivity index (χ2v) is 46.7. The van der Waals surface area contributed by atoms with Gasteiger partial charge in [-0.05, 0) is 323 Å². The van der Waals surface area contributed by atoms with E-state index in [0.29, 0.717) is 0 Å². The average molecular weight is 1910 g/mol. The van der Waals surface area contributed by atoms with E-state index >= 15 is 0 Å². The molecule has 0 bridgehead atoms. The summed E-state index contributed by atoms with van der Waals surface area (Å²) in [6, 6.07) is 161. The molecule has 0 spiro atoms. The molecule has 20 aromatic rings. The summed E-state index contributed by atoms with van der Waals surface area (Å²) < 4.78 is 0. The normalized spacial score (nSPS) is 15.8. The monoisotopic (exact) mass is 1900 g/mol. The van der Waals surface area contributed by atoms with Gasteiger partial charge in [0.2, 0.25) is 0 Å². The summed E-state index contributed by atoms with van der Waals surface area (Å²) in [7, 11) is 0. The highest BCUT2D eigenvalue weighted by Crippen LogP contribution is 2.62. The van der Waals surface area contributed by atoms with Gasteiger partial charge < -0.3 is 19.6 Å². The van der Waals surface area contributed by atoms with E-state index < -0.39 is 0 Å². The van der Waals surface area contributed by atoms with Gasteiger partial charge in [0.25, 0.3) is 0 Å². The molecule has 4 nitrogen and oxygen atoms in total. The third-order valence-corrected chi connectivity index (χ3v) is 35.7. The van der Waals surface area contributed by atoms with Gasteiger partial charge in [-0.2, -0.15) is 0 Å². The number of fused-ring (bicyclic) bond motifs is 25. The van der Waals surface area contributed by atoms with Crippen LogP contribution in [0.5, 0.6) is 0 Å². The zero-order valence-electron chi connectivity index (χ0n) is 87.4. The number of rotatable bonds is 14. The van der Waals surface area contributed by atoms with E-state index in [4.69, 9.17) is 0 Å². The van der Waals surface area contributed by atoms with Crippen LogP contribution in [0.25, 0.3) is 112 Å². The summed E-state index contributed by atoms with van der Waals surface area (Å²) in [6.45, 7) is 38.0. The van der Waals surface area contributed by atoms with Gasteiger partial charge in [0.05, 0.1) is 11.4 Å². The summed E-state index contributed by atoms with van der Waals surface area (Å²) >= 11 is 0. The maximum absolute atomic E-state index is 2.54. The standard InChI is InChI=1S/C74H62N2.C70H58N2/c1-71(2)63-21-13-9-17-55(63)59-39-35-51(43-67(59)71)75(52-36-40-60-56-18-10-14-22-64(56)72(3,4)68(60)44-52)49-31-27-47(28-32-49)25-26-48-29-33-50(34-30-48)76(53-37-41-61-57-19-11-15-23-65(57)73(5,6)69(61)45-53)54-38-42-62-58-20-12-16-24-66(58)74(7,8)70(62)46-54;1-67(2)57-25-13-9-19-47(57)51-35-31-43(39-61(51)67)71(44-32-36-52-48-20-10-14-26-58(48)68(3,4)62(52)40-44)65-29-17-24-56-55(65)23-18-30-66(56)72(45-33-37-53-49-21-11-15-27-59(49)69(5,6)63(53)41-45)46-34-38-54-50-22-12-16-28-60(50)70(7,8)64(54)42-46/h9-46H,1-8H3;9-42H,1-8H3. The SMILES string of the molecule is CC1(C)c2ccccc2-c2ccc(N(c3ccc(C=Cc4ccc(N(c5ccc6c(c5)C(C)(C)c5ccccc5-6)c5ccc6c(c5)C(C)(C)c5ccccc5-6)cc4)cc3)c3ccc4c(c3)C(C)(C)c3ccccc3-4)cc21.CC1(C)c2ccccc2-c2ccc(N(c3ccc4c(c3)C(C)(C)c3ccccc3-4)c3cccc4c(N(c5ccc6c(c5)C(C)(C)c5ccccc5-6)c5ccc6c(c5)C(C)(C)c5ccccc5-6)cccc34)cc21. The van der Waals surface area contributed by atoms with Crippen molar-refractivity contribution in [1.82, 2.24) is 0 Å². The molecule has 0 saturated heterocycles. The van der Waals surface area contributed by atoms with Gasteiger partial charge in [-0.1, -0.05) is 414 Å². The molecule has 0 aliphatic heterocycles. The van der Waals surface area contributed by atoms with Crippen molar-refractivity contribution in [3.05, 3.63) is 525 Å². The lowest BCUT2D eigenvalue weighted by Gasteiger charge is -2.32. The van der Waals surface area contributed by atoms with Gasteiger partial charge in [0.1, 0.15) is 0 Å². The van der Waals surface area contributed by atoms with Crippen LogP contribution in [-0.2, 0) is 43.3 Å². The molecule has 4 heteroatoms. The highest BCUT2D eigenvalue weighted by Gasteiger charge is 2.46. The summed E-state index contributed by atoms with van der Waals surface area (Å²) in [5.74, 6) is 0. The summed E-state index contributed by atoms with van der Waals surface area (Å²) in [6.07, 6.45) is 4.48. The topological polar surface area (TPSA) is 13.0 Å². The Morgan fingerprint density at radius 2 is 0.277 bits per heavy atom. The quantitative estimate of drug-likeness (QED) is 0.101. The number of nitrogens with zero attached hydrogens (tertiary/aromatic N) is 4. The summed E-state index contributed by atoms with van der Waals surface area (Å²) in [5, 5.41) is 2.38. The fourth-order valence-electron chi connectivity index (χ4n) is 27.7. The largest absolute Gasteiger partial charge is 0.310 e. The molecule has 148 heavy (non-hydrogen) atoms. The lowest BCUT2D eigenvalue weighted by molar-refractivity contribution is 0.659. The second kappa shape index (κ2) is 32.5. The van der Waals surface area contributed by atoms with Crippen LogP contribution < -0.4 is 19.6 Å². The van der Waals surface area contributed by atoms with Crippen molar-refractivity contribution >= 4 is 91.2 Å². The molecule has 0 fully saturated rings. The van der Waals surface area contributed by atoms with Crippen LogP contribution in [0.1, 0.15) is 211 Å². The first-order valence-corrected chi connectivity index (χ1v) is 53.0. The Hall–Kier alpha value is -16.4. The van der Waals surface area contributed by atoms with E-state index in [1.54, 1.807) is 0 Å². The second-order valence-electron chi connectivity index (χ2n) is 46.7. The molecule has 0 amide bonds. The number of anilines is 12. The molecule has 716 valence electrons. The molecular weight excluding hydrogens is 1790 g/mol. The first kappa shape index (κ1) is 90.4. The Bertz CT molecular complexity index is 8100. The lowest BCUT2D eigenvalue weighted by Crippen LogP contribution is -2.18. The maximum atomic E-state index is 2.54. The van der Waals surface area contributed by atoms with Gasteiger partial charge in [-0.3, -0.25) is 0 Å². The Balaban J connectivity index is 0.000000146. The van der Waals surface area contributed by atoms with Crippen LogP contribution in [0.3, 0.4) is 0 Å². The summed E-state index contributed by atoms with van der Waals surface area (Å²) in [5.41, 5.74) is 58.3. The molecule has 28 rings (SSSR count). The van der Waals surface area contributed by atoms with Crippen LogP contribution in [0.15, 0.2) is 425 Å². The van der Waals surface area contributed by atoms with Crippen molar-refractivity contribution in [3.8, 4) is 89.0 Å². The Labute approximate surface area is 872 Å². The lowest BCUT2D eigenvalue weighted by atomic mass is 9.82. The van der Waals surface area contributed by atoms with E-state index in [0.717, 1.165) is 79.4 Å². The van der Waals surface area contributed by atoms with Gasteiger partial charge in [-0.25, -0.2) is 0 Å². The van der Waals surface area contributed by atoms with Gasteiger partial charge in [0.15, 0.2) is 0 Å². The van der Waals surface area contributed by atoms with Crippen molar-refractivity contribution in [2.24, 2.45) is 0 Å². The number of benzene rings is 20. The Morgan fingerprint density at radius 3 is 0.453 bits per heavy atom. The molecule has 20 aromatic carbocycles. The van der Waals surface area contributed by atoms with Crippen molar-refractivity contribution in [1.29, 1.82) is 0 Å². The molecule has 0 aromatic heterocycles. The summed E-state index contributed by atoms with van der Waals surface area (Å²) in [4.78, 5) is 10.00. The van der Waals surface area contributed by atoms with Crippen LogP contribution >= 0.6 is 0 Å². The molecule has 0 saturated carbocycles. The molecule has 8 aliphatic carbocycles. The van der Waals surface area contributed by atoms with Gasteiger partial charge in [0, 0.05) is 111 Å². The van der Waals surface area contributed by atoms with Crippen LogP contribution in [-0.4, -0.2) is 0 Å². The maximum Gasteiger partial charge on any atom is 0.0540 e.